The lowest BCUT2D eigenvalue weighted by atomic mass is 10.1. The largest absolute Gasteiger partial charge is 0.320 e. The molecular formula is C14H21NSi. The SMILES string of the molecule is C=Cc1ccc(CN2CCC[Si]2(C)C)cc1. The van der Waals surface area contributed by atoms with E-state index in [1.54, 1.807) is 0 Å². The zero-order valence-electron chi connectivity index (χ0n) is 10.4. The summed E-state index contributed by atoms with van der Waals surface area (Å²) in [5.41, 5.74) is 2.65. The fraction of sp³-hybridized carbons (Fsp3) is 0.429. The quantitative estimate of drug-likeness (QED) is 0.716. The molecule has 0 aromatic heterocycles. The van der Waals surface area contributed by atoms with E-state index < -0.39 is 8.24 Å². The van der Waals surface area contributed by atoms with Crippen LogP contribution in [0, 0.1) is 0 Å². The Morgan fingerprint density at radius 2 is 2.00 bits per heavy atom. The molecule has 0 bridgehead atoms. The topological polar surface area (TPSA) is 3.24 Å². The lowest BCUT2D eigenvalue weighted by Gasteiger charge is -2.29. The van der Waals surface area contributed by atoms with Crippen molar-refractivity contribution in [2.24, 2.45) is 0 Å². The third kappa shape index (κ3) is 2.44. The Labute approximate surface area is 99.9 Å². The maximum absolute atomic E-state index is 3.78. The van der Waals surface area contributed by atoms with E-state index in [0.29, 0.717) is 0 Å². The van der Waals surface area contributed by atoms with Crippen LogP contribution in [0.4, 0.5) is 0 Å². The summed E-state index contributed by atoms with van der Waals surface area (Å²) < 4.78 is 2.72. The number of rotatable bonds is 3. The highest BCUT2D eigenvalue weighted by atomic mass is 28.3. The molecule has 1 aromatic rings. The molecule has 0 atom stereocenters. The predicted octanol–water partition coefficient (Wildman–Crippen LogP) is 3.74. The van der Waals surface area contributed by atoms with Gasteiger partial charge in [-0.25, -0.2) is 0 Å². The molecule has 86 valence electrons. The van der Waals surface area contributed by atoms with Crippen molar-refractivity contribution < 1.29 is 0 Å². The van der Waals surface area contributed by atoms with Gasteiger partial charge in [-0.3, -0.25) is 0 Å². The third-order valence-electron chi connectivity index (χ3n) is 3.66. The van der Waals surface area contributed by atoms with Crippen molar-refractivity contribution in [3.63, 3.8) is 0 Å². The van der Waals surface area contributed by atoms with Crippen molar-refractivity contribution in [1.82, 2.24) is 4.57 Å². The normalized spacial score (nSPS) is 19.9. The number of benzene rings is 1. The molecule has 0 spiro atoms. The Morgan fingerprint density at radius 1 is 1.31 bits per heavy atom. The molecule has 1 saturated heterocycles. The first-order valence-corrected chi connectivity index (χ1v) is 9.24. The van der Waals surface area contributed by atoms with Crippen molar-refractivity contribution in [1.29, 1.82) is 0 Å². The lowest BCUT2D eigenvalue weighted by Crippen LogP contribution is -2.42. The van der Waals surface area contributed by atoms with Crippen LogP contribution in [0.15, 0.2) is 30.8 Å². The van der Waals surface area contributed by atoms with Crippen LogP contribution in [-0.4, -0.2) is 19.3 Å². The highest BCUT2D eigenvalue weighted by molar-refractivity contribution is 6.75. The monoisotopic (exact) mass is 231 g/mol. The van der Waals surface area contributed by atoms with Crippen LogP contribution in [0.1, 0.15) is 17.5 Å². The van der Waals surface area contributed by atoms with Crippen molar-refractivity contribution >= 4 is 14.3 Å². The first kappa shape index (κ1) is 11.6. The Kier molecular flexibility index (Phi) is 3.31. The second-order valence-electron chi connectivity index (χ2n) is 5.28. The Morgan fingerprint density at radius 3 is 2.50 bits per heavy atom. The average molecular weight is 231 g/mol. The van der Waals surface area contributed by atoms with E-state index in [2.05, 4.69) is 48.5 Å². The van der Waals surface area contributed by atoms with Crippen LogP contribution >= 0.6 is 0 Å². The smallest absolute Gasteiger partial charge is 0.122 e. The Hall–Kier alpha value is -0.863. The van der Waals surface area contributed by atoms with E-state index >= 15 is 0 Å². The fourth-order valence-corrected chi connectivity index (χ4v) is 5.15. The zero-order valence-corrected chi connectivity index (χ0v) is 11.4. The summed E-state index contributed by atoms with van der Waals surface area (Å²) >= 11 is 0. The van der Waals surface area contributed by atoms with E-state index in [1.807, 2.05) is 6.08 Å². The van der Waals surface area contributed by atoms with Crippen LogP contribution in [-0.2, 0) is 6.54 Å². The van der Waals surface area contributed by atoms with Crippen molar-refractivity contribution in [3.05, 3.63) is 42.0 Å². The van der Waals surface area contributed by atoms with Crippen LogP contribution in [0.5, 0.6) is 0 Å². The van der Waals surface area contributed by atoms with E-state index in [-0.39, 0.29) is 0 Å². The zero-order chi connectivity index (χ0) is 11.6. The molecule has 0 saturated carbocycles. The molecular weight excluding hydrogens is 210 g/mol. The number of nitrogens with zero attached hydrogens (tertiary/aromatic N) is 1. The summed E-state index contributed by atoms with van der Waals surface area (Å²) in [7, 11) is -1.06. The molecule has 0 N–H and O–H groups in total. The molecule has 1 nitrogen and oxygen atoms in total. The van der Waals surface area contributed by atoms with Gasteiger partial charge in [0.15, 0.2) is 0 Å². The van der Waals surface area contributed by atoms with Crippen LogP contribution in [0.25, 0.3) is 6.08 Å². The summed E-state index contributed by atoms with van der Waals surface area (Å²) in [5.74, 6) is 0. The molecule has 0 radical (unpaired) electrons. The van der Waals surface area contributed by atoms with Crippen molar-refractivity contribution in [3.8, 4) is 0 Å². The summed E-state index contributed by atoms with van der Waals surface area (Å²) in [6.45, 7) is 11.2. The summed E-state index contributed by atoms with van der Waals surface area (Å²) in [4.78, 5) is 0. The molecule has 16 heavy (non-hydrogen) atoms. The van der Waals surface area contributed by atoms with Gasteiger partial charge < -0.3 is 4.57 Å². The van der Waals surface area contributed by atoms with Crippen molar-refractivity contribution in [2.75, 3.05) is 6.54 Å². The van der Waals surface area contributed by atoms with Gasteiger partial charge in [-0.15, -0.1) is 0 Å². The van der Waals surface area contributed by atoms with E-state index in [4.69, 9.17) is 0 Å². The summed E-state index contributed by atoms with van der Waals surface area (Å²) in [6, 6.07) is 10.2. The second kappa shape index (κ2) is 4.56. The number of hydrogen-bond donors (Lipinski definition) is 0. The van der Waals surface area contributed by atoms with Gasteiger partial charge in [0.2, 0.25) is 0 Å². The molecule has 1 heterocycles. The maximum atomic E-state index is 3.78. The second-order valence-corrected chi connectivity index (χ2v) is 10.0. The molecule has 0 unspecified atom stereocenters. The van der Waals surface area contributed by atoms with Crippen molar-refractivity contribution in [2.45, 2.75) is 32.1 Å². The van der Waals surface area contributed by atoms with Crippen LogP contribution in [0.3, 0.4) is 0 Å². The highest BCUT2D eigenvalue weighted by Gasteiger charge is 2.33. The molecule has 1 aliphatic rings. The minimum absolute atomic E-state index is 1.06. The van der Waals surface area contributed by atoms with Gasteiger partial charge in [0.05, 0.1) is 0 Å². The molecule has 2 heteroatoms. The fourth-order valence-electron chi connectivity index (χ4n) is 2.44. The van der Waals surface area contributed by atoms with E-state index in [0.717, 1.165) is 6.54 Å². The van der Waals surface area contributed by atoms with Crippen LogP contribution in [0.2, 0.25) is 19.1 Å². The molecule has 0 aliphatic carbocycles. The van der Waals surface area contributed by atoms with Gasteiger partial charge in [-0.05, 0) is 30.1 Å². The van der Waals surface area contributed by atoms with E-state index in [1.165, 1.54) is 30.1 Å². The molecule has 1 aliphatic heterocycles. The van der Waals surface area contributed by atoms with Gasteiger partial charge in [-0.1, -0.05) is 50.0 Å². The average Bonchev–Trinajstić information content (AvgIpc) is 2.59. The minimum Gasteiger partial charge on any atom is -0.320 e. The third-order valence-corrected chi connectivity index (χ3v) is 7.33. The standard InChI is InChI=1S/C14H21NSi/c1-4-13-6-8-14(9-7-13)12-15-10-5-11-16(15,2)3/h4,6-9H,1,5,10-12H2,2-3H3. The van der Waals surface area contributed by atoms with Gasteiger partial charge >= 0.3 is 0 Å². The molecule has 1 fully saturated rings. The first-order valence-electron chi connectivity index (χ1n) is 6.08. The first-order chi connectivity index (χ1) is 7.62. The lowest BCUT2D eigenvalue weighted by molar-refractivity contribution is 0.452. The predicted molar refractivity (Wildman–Crippen MR) is 73.8 cm³/mol. The van der Waals surface area contributed by atoms with Gasteiger partial charge in [0.1, 0.15) is 8.24 Å². The molecule has 1 aromatic carbocycles. The summed E-state index contributed by atoms with van der Waals surface area (Å²) in [5, 5.41) is 0. The summed E-state index contributed by atoms with van der Waals surface area (Å²) in [6.07, 6.45) is 3.29. The van der Waals surface area contributed by atoms with Gasteiger partial charge in [0, 0.05) is 6.54 Å². The Balaban J connectivity index is 2.06. The highest BCUT2D eigenvalue weighted by Crippen LogP contribution is 2.27. The minimum atomic E-state index is -1.06. The van der Waals surface area contributed by atoms with Gasteiger partial charge in [0.25, 0.3) is 0 Å². The van der Waals surface area contributed by atoms with Gasteiger partial charge in [-0.2, -0.15) is 0 Å². The molecule has 2 rings (SSSR count). The van der Waals surface area contributed by atoms with E-state index in [9.17, 15) is 0 Å². The molecule has 0 amide bonds. The van der Waals surface area contributed by atoms with Crippen LogP contribution < -0.4 is 0 Å². The maximum Gasteiger partial charge on any atom is 0.122 e. The number of hydrogen-bond acceptors (Lipinski definition) is 1. The Bertz CT molecular complexity index is 367.